The molecule has 2 aliphatic rings. The lowest BCUT2D eigenvalue weighted by atomic mass is 9.91. The zero-order valence-electron chi connectivity index (χ0n) is 11.0. The van der Waals surface area contributed by atoms with Gasteiger partial charge in [-0.15, -0.1) is 0 Å². The molecule has 0 aromatic heterocycles. The standard InChI is InChI=1S/C13H26N2O/c1-11-8-14-13(6-4-5-7-13)10-15(11)12(2)9-16-3/h11-12,14H,4-10H2,1-3H3. The summed E-state index contributed by atoms with van der Waals surface area (Å²) in [6, 6.07) is 1.18. The van der Waals surface area contributed by atoms with E-state index in [4.69, 9.17) is 4.74 Å². The molecule has 0 aromatic rings. The smallest absolute Gasteiger partial charge is 0.0615 e. The highest BCUT2D eigenvalue weighted by atomic mass is 16.5. The molecule has 2 atom stereocenters. The molecule has 2 rings (SSSR count). The Morgan fingerprint density at radius 1 is 1.44 bits per heavy atom. The fourth-order valence-corrected chi connectivity index (χ4v) is 3.36. The number of hydrogen-bond acceptors (Lipinski definition) is 3. The molecular weight excluding hydrogens is 200 g/mol. The Bertz CT molecular complexity index is 226. The summed E-state index contributed by atoms with van der Waals surface area (Å²) < 4.78 is 5.29. The molecule has 0 bridgehead atoms. The van der Waals surface area contributed by atoms with E-state index in [1.54, 1.807) is 7.11 Å². The maximum atomic E-state index is 5.29. The van der Waals surface area contributed by atoms with Gasteiger partial charge in [0, 0.05) is 37.8 Å². The highest BCUT2D eigenvalue weighted by Gasteiger charge is 2.40. The normalized spacial score (nSPS) is 32.1. The van der Waals surface area contributed by atoms with Crippen LogP contribution < -0.4 is 5.32 Å². The number of methoxy groups -OCH3 is 1. The second-order valence-corrected chi connectivity index (χ2v) is 5.69. The Hall–Kier alpha value is -0.120. The topological polar surface area (TPSA) is 24.5 Å². The van der Waals surface area contributed by atoms with Crippen LogP contribution >= 0.6 is 0 Å². The molecule has 16 heavy (non-hydrogen) atoms. The summed E-state index contributed by atoms with van der Waals surface area (Å²) >= 11 is 0. The van der Waals surface area contributed by atoms with Crippen LogP contribution in [0.2, 0.25) is 0 Å². The van der Waals surface area contributed by atoms with Crippen molar-refractivity contribution >= 4 is 0 Å². The van der Waals surface area contributed by atoms with E-state index < -0.39 is 0 Å². The SMILES string of the molecule is COCC(C)N1CC2(CCCC2)NCC1C. The lowest BCUT2D eigenvalue weighted by Gasteiger charge is -2.47. The van der Waals surface area contributed by atoms with Gasteiger partial charge in [-0.05, 0) is 26.7 Å². The molecule has 3 heteroatoms. The van der Waals surface area contributed by atoms with Gasteiger partial charge in [0.2, 0.25) is 0 Å². The molecule has 1 heterocycles. The molecule has 1 aliphatic carbocycles. The average Bonchev–Trinajstić information content (AvgIpc) is 2.71. The number of piperazine rings is 1. The maximum Gasteiger partial charge on any atom is 0.0615 e. The summed E-state index contributed by atoms with van der Waals surface area (Å²) in [6.07, 6.45) is 5.51. The summed E-state index contributed by atoms with van der Waals surface area (Å²) in [6.45, 7) is 7.79. The third-order valence-corrected chi connectivity index (χ3v) is 4.36. The minimum Gasteiger partial charge on any atom is -0.383 e. The van der Waals surface area contributed by atoms with Crippen molar-refractivity contribution in [3.05, 3.63) is 0 Å². The number of nitrogens with zero attached hydrogens (tertiary/aromatic N) is 1. The Kier molecular flexibility index (Phi) is 3.88. The summed E-state index contributed by atoms with van der Waals surface area (Å²) in [4.78, 5) is 2.63. The first-order valence-electron chi connectivity index (χ1n) is 6.66. The Balaban J connectivity index is 1.99. The van der Waals surface area contributed by atoms with Crippen LogP contribution in [0.25, 0.3) is 0 Å². The highest BCUT2D eigenvalue weighted by Crippen LogP contribution is 2.33. The second kappa shape index (κ2) is 5.03. The minimum atomic E-state index is 0.425. The Morgan fingerprint density at radius 2 is 2.12 bits per heavy atom. The van der Waals surface area contributed by atoms with Crippen LogP contribution in [0.5, 0.6) is 0 Å². The third kappa shape index (κ3) is 2.41. The van der Waals surface area contributed by atoms with E-state index in [1.165, 1.54) is 32.2 Å². The molecule has 2 fully saturated rings. The van der Waals surface area contributed by atoms with Crippen LogP contribution in [0, 0.1) is 0 Å². The van der Waals surface area contributed by atoms with Crippen molar-refractivity contribution in [1.82, 2.24) is 10.2 Å². The number of ether oxygens (including phenoxy) is 1. The highest BCUT2D eigenvalue weighted by molar-refractivity contribution is 5.01. The first-order chi connectivity index (χ1) is 7.67. The van der Waals surface area contributed by atoms with E-state index in [1.807, 2.05) is 0 Å². The lowest BCUT2D eigenvalue weighted by Crippen LogP contribution is -2.64. The van der Waals surface area contributed by atoms with E-state index in [-0.39, 0.29) is 0 Å². The van der Waals surface area contributed by atoms with Crippen LogP contribution in [0.4, 0.5) is 0 Å². The molecule has 1 spiro atoms. The number of nitrogens with one attached hydrogen (secondary N) is 1. The van der Waals surface area contributed by atoms with Crippen LogP contribution in [-0.2, 0) is 4.74 Å². The van der Waals surface area contributed by atoms with E-state index in [2.05, 4.69) is 24.1 Å². The fourth-order valence-electron chi connectivity index (χ4n) is 3.36. The zero-order valence-corrected chi connectivity index (χ0v) is 11.0. The van der Waals surface area contributed by atoms with Gasteiger partial charge in [-0.1, -0.05) is 12.8 Å². The average molecular weight is 226 g/mol. The second-order valence-electron chi connectivity index (χ2n) is 5.69. The van der Waals surface area contributed by atoms with Crippen molar-refractivity contribution in [3.8, 4) is 0 Å². The predicted octanol–water partition coefficient (Wildman–Crippen LogP) is 1.63. The van der Waals surface area contributed by atoms with E-state index in [0.29, 0.717) is 17.6 Å². The lowest BCUT2D eigenvalue weighted by molar-refractivity contribution is 0.0221. The van der Waals surface area contributed by atoms with Gasteiger partial charge >= 0.3 is 0 Å². The molecule has 1 N–H and O–H groups in total. The van der Waals surface area contributed by atoms with E-state index in [9.17, 15) is 0 Å². The first kappa shape index (κ1) is 12.3. The van der Waals surface area contributed by atoms with Crippen LogP contribution in [0.1, 0.15) is 39.5 Å². The Labute approximate surface area is 99.5 Å². The van der Waals surface area contributed by atoms with Crippen LogP contribution in [0.15, 0.2) is 0 Å². The quantitative estimate of drug-likeness (QED) is 0.791. The van der Waals surface area contributed by atoms with Gasteiger partial charge in [0.1, 0.15) is 0 Å². The molecule has 3 nitrogen and oxygen atoms in total. The largest absolute Gasteiger partial charge is 0.383 e. The summed E-state index contributed by atoms with van der Waals surface area (Å²) in [5.74, 6) is 0. The molecule has 0 amide bonds. The fraction of sp³-hybridized carbons (Fsp3) is 1.00. The van der Waals surface area contributed by atoms with Crippen molar-refractivity contribution < 1.29 is 4.74 Å². The molecule has 1 saturated carbocycles. The monoisotopic (exact) mass is 226 g/mol. The molecular formula is C13H26N2O. The predicted molar refractivity (Wildman–Crippen MR) is 66.7 cm³/mol. The van der Waals surface area contributed by atoms with Crippen molar-refractivity contribution in [1.29, 1.82) is 0 Å². The van der Waals surface area contributed by atoms with Gasteiger partial charge in [0.15, 0.2) is 0 Å². The van der Waals surface area contributed by atoms with Crippen molar-refractivity contribution in [2.24, 2.45) is 0 Å². The molecule has 1 saturated heterocycles. The van der Waals surface area contributed by atoms with Gasteiger partial charge in [0.25, 0.3) is 0 Å². The molecule has 0 aromatic carbocycles. The summed E-state index contributed by atoms with van der Waals surface area (Å²) in [5, 5.41) is 3.79. The van der Waals surface area contributed by atoms with Gasteiger partial charge in [-0.25, -0.2) is 0 Å². The Morgan fingerprint density at radius 3 is 2.75 bits per heavy atom. The molecule has 94 valence electrons. The van der Waals surface area contributed by atoms with Gasteiger partial charge in [-0.3, -0.25) is 4.90 Å². The third-order valence-electron chi connectivity index (χ3n) is 4.36. The molecule has 2 unspecified atom stereocenters. The molecule has 0 radical (unpaired) electrons. The van der Waals surface area contributed by atoms with E-state index in [0.717, 1.165) is 13.2 Å². The van der Waals surface area contributed by atoms with Gasteiger partial charge < -0.3 is 10.1 Å². The van der Waals surface area contributed by atoms with Crippen molar-refractivity contribution in [2.75, 3.05) is 26.8 Å². The van der Waals surface area contributed by atoms with Crippen LogP contribution in [0.3, 0.4) is 0 Å². The summed E-state index contributed by atoms with van der Waals surface area (Å²) in [7, 11) is 1.80. The maximum absolute atomic E-state index is 5.29. The van der Waals surface area contributed by atoms with Crippen molar-refractivity contribution in [2.45, 2.75) is 57.2 Å². The van der Waals surface area contributed by atoms with Crippen molar-refractivity contribution in [3.63, 3.8) is 0 Å². The summed E-state index contributed by atoms with van der Waals surface area (Å²) in [5.41, 5.74) is 0.425. The number of rotatable bonds is 3. The van der Waals surface area contributed by atoms with Gasteiger partial charge in [0.05, 0.1) is 6.61 Å². The minimum absolute atomic E-state index is 0.425. The van der Waals surface area contributed by atoms with Crippen LogP contribution in [-0.4, -0.2) is 49.3 Å². The molecule has 1 aliphatic heterocycles. The zero-order chi connectivity index (χ0) is 11.6. The van der Waals surface area contributed by atoms with Gasteiger partial charge in [-0.2, -0.15) is 0 Å². The number of hydrogen-bond donors (Lipinski definition) is 1. The first-order valence-corrected chi connectivity index (χ1v) is 6.66. The van der Waals surface area contributed by atoms with E-state index >= 15 is 0 Å².